The van der Waals surface area contributed by atoms with Crippen molar-refractivity contribution in [2.24, 2.45) is 0 Å². The van der Waals surface area contributed by atoms with Crippen molar-refractivity contribution in [2.75, 3.05) is 20.8 Å². The van der Waals surface area contributed by atoms with Gasteiger partial charge in [-0.05, 0) is 49.1 Å². The van der Waals surface area contributed by atoms with Gasteiger partial charge in [-0.15, -0.1) is 0 Å². The zero-order valence-electron chi connectivity index (χ0n) is 16.6. The van der Waals surface area contributed by atoms with Crippen LogP contribution < -0.4 is 20.1 Å². The Hall–Kier alpha value is -3.15. The molecule has 2 amide bonds. The van der Waals surface area contributed by atoms with E-state index in [-0.39, 0.29) is 12.1 Å². The molecular weight excluding hydrogens is 354 g/mol. The highest BCUT2D eigenvalue weighted by molar-refractivity contribution is 5.79. The second-order valence-corrected chi connectivity index (χ2v) is 6.65. The fourth-order valence-electron chi connectivity index (χ4n) is 3.29. The fraction of sp³-hybridized carbons (Fsp3) is 0.318. The molecule has 0 aliphatic heterocycles. The van der Waals surface area contributed by atoms with Crippen molar-refractivity contribution in [3.05, 3.63) is 60.3 Å². The minimum Gasteiger partial charge on any atom is -0.497 e. The van der Waals surface area contributed by atoms with E-state index in [1.54, 1.807) is 14.2 Å². The number of nitrogens with zero attached hydrogens (tertiary/aromatic N) is 1. The predicted molar refractivity (Wildman–Crippen MR) is 111 cm³/mol. The highest BCUT2D eigenvalue weighted by atomic mass is 16.5. The summed E-state index contributed by atoms with van der Waals surface area (Å²) in [5.41, 5.74) is 2.08. The van der Waals surface area contributed by atoms with Gasteiger partial charge < -0.3 is 24.7 Å². The Morgan fingerprint density at radius 1 is 1.11 bits per heavy atom. The average molecular weight is 381 g/mol. The number of carbonyl (C=O) groups excluding carboxylic acids is 1. The summed E-state index contributed by atoms with van der Waals surface area (Å²) in [5, 5.41) is 7.11. The molecule has 28 heavy (non-hydrogen) atoms. The second kappa shape index (κ2) is 9.17. The van der Waals surface area contributed by atoms with Gasteiger partial charge in [-0.1, -0.05) is 18.2 Å². The van der Waals surface area contributed by atoms with Crippen LogP contribution in [-0.4, -0.2) is 31.4 Å². The average Bonchev–Trinajstić information content (AvgIpc) is 3.13. The summed E-state index contributed by atoms with van der Waals surface area (Å²) >= 11 is 0. The zero-order chi connectivity index (χ0) is 19.9. The quantitative estimate of drug-likeness (QED) is 0.577. The van der Waals surface area contributed by atoms with Crippen molar-refractivity contribution in [3.8, 4) is 11.5 Å². The minimum atomic E-state index is -0.210. The molecule has 3 rings (SSSR count). The molecule has 0 spiro atoms. The van der Waals surface area contributed by atoms with Crippen LogP contribution in [0.25, 0.3) is 10.9 Å². The van der Waals surface area contributed by atoms with Crippen LogP contribution in [0.5, 0.6) is 11.5 Å². The SMILES string of the molecule is COc1ccc(OC)c(C(C)NC(=O)NCCCn2ccc3ccccc32)c1. The summed E-state index contributed by atoms with van der Waals surface area (Å²) in [5.74, 6) is 1.44. The van der Waals surface area contributed by atoms with Crippen LogP contribution in [-0.2, 0) is 6.54 Å². The van der Waals surface area contributed by atoms with Crippen molar-refractivity contribution >= 4 is 16.9 Å². The highest BCUT2D eigenvalue weighted by Gasteiger charge is 2.15. The monoisotopic (exact) mass is 381 g/mol. The van der Waals surface area contributed by atoms with Gasteiger partial charge in [0, 0.05) is 30.4 Å². The van der Waals surface area contributed by atoms with Gasteiger partial charge in [-0.2, -0.15) is 0 Å². The Balaban J connectivity index is 1.49. The lowest BCUT2D eigenvalue weighted by Crippen LogP contribution is -2.37. The van der Waals surface area contributed by atoms with E-state index in [2.05, 4.69) is 39.6 Å². The zero-order valence-corrected chi connectivity index (χ0v) is 16.6. The first-order chi connectivity index (χ1) is 13.6. The molecule has 2 aromatic carbocycles. The smallest absolute Gasteiger partial charge is 0.315 e. The Bertz CT molecular complexity index is 936. The number of nitrogens with one attached hydrogen (secondary N) is 2. The van der Waals surface area contributed by atoms with Crippen molar-refractivity contribution in [1.82, 2.24) is 15.2 Å². The van der Waals surface area contributed by atoms with Gasteiger partial charge in [-0.25, -0.2) is 4.79 Å². The predicted octanol–water partition coefficient (Wildman–Crippen LogP) is 4.11. The lowest BCUT2D eigenvalue weighted by molar-refractivity contribution is 0.237. The molecule has 0 aliphatic rings. The lowest BCUT2D eigenvalue weighted by Gasteiger charge is -2.18. The number of hydrogen-bond acceptors (Lipinski definition) is 3. The number of benzene rings is 2. The van der Waals surface area contributed by atoms with E-state index in [9.17, 15) is 4.79 Å². The molecule has 3 aromatic rings. The Morgan fingerprint density at radius 3 is 2.71 bits per heavy atom. The van der Waals surface area contributed by atoms with Gasteiger partial charge in [0.15, 0.2) is 0 Å². The van der Waals surface area contributed by atoms with Crippen LogP contribution in [0, 0.1) is 0 Å². The second-order valence-electron chi connectivity index (χ2n) is 6.65. The maximum Gasteiger partial charge on any atom is 0.315 e. The van der Waals surface area contributed by atoms with Crippen LogP contribution in [0.1, 0.15) is 24.9 Å². The Morgan fingerprint density at radius 2 is 1.93 bits per heavy atom. The molecule has 0 aliphatic carbocycles. The molecule has 0 saturated heterocycles. The number of carbonyl (C=O) groups is 1. The van der Waals surface area contributed by atoms with Gasteiger partial charge in [0.05, 0.1) is 20.3 Å². The summed E-state index contributed by atoms with van der Waals surface area (Å²) in [6.45, 7) is 3.37. The number of para-hydroxylation sites is 1. The van der Waals surface area contributed by atoms with Crippen LogP contribution in [0.15, 0.2) is 54.7 Å². The van der Waals surface area contributed by atoms with Crippen LogP contribution in [0.3, 0.4) is 0 Å². The van der Waals surface area contributed by atoms with Crippen molar-refractivity contribution in [3.63, 3.8) is 0 Å². The Labute approximate surface area is 165 Å². The molecule has 2 N–H and O–H groups in total. The first kappa shape index (κ1) is 19.6. The summed E-state index contributed by atoms with van der Waals surface area (Å²) in [7, 11) is 3.23. The number of urea groups is 1. The van der Waals surface area contributed by atoms with E-state index >= 15 is 0 Å². The summed E-state index contributed by atoms with van der Waals surface area (Å²) < 4.78 is 12.9. The van der Waals surface area contributed by atoms with E-state index in [0.717, 1.165) is 24.3 Å². The third-order valence-electron chi connectivity index (χ3n) is 4.79. The van der Waals surface area contributed by atoms with Crippen LogP contribution >= 0.6 is 0 Å². The molecule has 0 bridgehead atoms. The number of aryl methyl sites for hydroxylation is 1. The topological polar surface area (TPSA) is 64.5 Å². The van der Waals surface area contributed by atoms with Crippen LogP contribution in [0.2, 0.25) is 0 Å². The number of hydrogen-bond donors (Lipinski definition) is 2. The molecular formula is C22H27N3O3. The van der Waals surface area contributed by atoms with E-state index in [0.29, 0.717) is 12.3 Å². The molecule has 1 atom stereocenters. The van der Waals surface area contributed by atoms with Crippen molar-refractivity contribution in [2.45, 2.75) is 25.9 Å². The normalized spacial score (nSPS) is 11.8. The van der Waals surface area contributed by atoms with E-state index < -0.39 is 0 Å². The van der Waals surface area contributed by atoms with Gasteiger partial charge in [0.1, 0.15) is 11.5 Å². The molecule has 0 fully saturated rings. The standard InChI is InChI=1S/C22H27N3O3/c1-16(19-15-18(27-2)9-10-21(19)28-3)24-22(26)23-12-6-13-25-14-11-17-7-4-5-8-20(17)25/h4-5,7-11,14-16H,6,12-13H2,1-3H3,(H2,23,24,26). The summed E-state index contributed by atoms with van der Waals surface area (Å²) in [4.78, 5) is 12.3. The number of rotatable bonds is 8. The summed E-state index contributed by atoms with van der Waals surface area (Å²) in [6.07, 6.45) is 2.94. The molecule has 1 heterocycles. The Kier molecular flexibility index (Phi) is 6.42. The van der Waals surface area contributed by atoms with Crippen molar-refractivity contribution in [1.29, 1.82) is 0 Å². The van der Waals surface area contributed by atoms with Gasteiger partial charge >= 0.3 is 6.03 Å². The molecule has 148 valence electrons. The number of ether oxygens (including phenoxy) is 2. The van der Waals surface area contributed by atoms with E-state index in [1.165, 1.54) is 10.9 Å². The first-order valence-electron chi connectivity index (χ1n) is 9.42. The summed E-state index contributed by atoms with van der Waals surface area (Å²) in [6, 6.07) is 15.5. The maximum atomic E-state index is 12.3. The molecule has 6 heteroatoms. The molecule has 0 saturated carbocycles. The van der Waals surface area contributed by atoms with E-state index in [1.807, 2.05) is 37.3 Å². The van der Waals surface area contributed by atoms with Gasteiger partial charge in [0.2, 0.25) is 0 Å². The maximum absolute atomic E-state index is 12.3. The lowest BCUT2D eigenvalue weighted by atomic mass is 10.1. The first-order valence-corrected chi connectivity index (χ1v) is 9.42. The number of fused-ring (bicyclic) bond motifs is 1. The number of amides is 2. The molecule has 0 radical (unpaired) electrons. The molecule has 1 aromatic heterocycles. The number of aromatic nitrogens is 1. The highest BCUT2D eigenvalue weighted by Crippen LogP contribution is 2.29. The largest absolute Gasteiger partial charge is 0.497 e. The molecule has 6 nitrogen and oxygen atoms in total. The van der Waals surface area contributed by atoms with E-state index in [4.69, 9.17) is 9.47 Å². The molecule has 1 unspecified atom stereocenters. The van der Waals surface area contributed by atoms with Gasteiger partial charge in [-0.3, -0.25) is 0 Å². The van der Waals surface area contributed by atoms with Crippen molar-refractivity contribution < 1.29 is 14.3 Å². The third kappa shape index (κ3) is 4.57. The third-order valence-corrected chi connectivity index (χ3v) is 4.79. The fourth-order valence-corrected chi connectivity index (χ4v) is 3.29. The minimum absolute atomic E-state index is 0.199. The number of methoxy groups -OCH3 is 2. The van der Waals surface area contributed by atoms with Crippen LogP contribution in [0.4, 0.5) is 4.79 Å². The van der Waals surface area contributed by atoms with Gasteiger partial charge in [0.25, 0.3) is 0 Å².